The van der Waals surface area contributed by atoms with E-state index in [1.165, 1.54) is 4.68 Å². The van der Waals surface area contributed by atoms with Gasteiger partial charge in [0.05, 0.1) is 16.9 Å². The number of benzene rings is 2. The van der Waals surface area contributed by atoms with Gasteiger partial charge >= 0.3 is 0 Å². The quantitative estimate of drug-likeness (QED) is 0.580. The van der Waals surface area contributed by atoms with Crippen molar-refractivity contribution in [1.29, 1.82) is 0 Å². The number of fused-ring (bicyclic) bond motifs is 1. The van der Waals surface area contributed by atoms with Gasteiger partial charge in [-0.3, -0.25) is 14.3 Å². The van der Waals surface area contributed by atoms with Crippen molar-refractivity contribution in [1.82, 2.24) is 24.4 Å². The zero-order valence-electron chi connectivity index (χ0n) is 16.8. The van der Waals surface area contributed by atoms with E-state index in [4.69, 9.17) is 0 Å². The number of hydrogen-bond acceptors (Lipinski definition) is 4. The van der Waals surface area contributed by atoms with Crippen LogP contribution in [-0.4, -0.2) is 30.3 Å². The molecule has 2 aromatic carbocycles. The van der Waals surface area contributed by atoms with Gasteiger partial charge in [0.15, 0.2) is 0 Å². The number of aryl methyl sites for hydroxylation is 2. The molecule has 4 rings (SSSR count). The summed E-state index contributed by atoms with van der Waals surface area (Å²) in [4.78, 5) is 25.6. The molecule has 0 saturated carbocycles. The molecule has 8 nitrogen and oxygen atoms in total. The summed E-state index contributed by atoms with van der Waals surface area (Å²) < 4.78 is 4.80. The minimum atomic E-state index is -0.332. The molecule has 1 N–H and O–H groups in total. The lowest BCUT2D eigenvalue weighted by Gasteiger charge is -2.07. The molecule has 0 bridgehead atoms. The van der Waals surface area contributed by atoms with Crippen LogP contribution in [0.4, 0.5) is 5.69 Å². The highest BCUT2D eigenvalue weighted by Gasteiger charge is 2.19. The molecular formula is C21H22N6O2. The monoisotopic (exact) mass is 390 g/mol. The Kier molecular flexibility index (Phi) is 4.54. The molecule has 0 saturated heterocycles. The van der Waals surface area contributed by atoms with Crippen LogP contribution in [0.3, 0.4) is 0 Å². The first-order chi connectivity index (χ1) is 13.9. The van der Waals surface area contributed by atoms with Crippen LogP contribution in [0.1, 0.15) is 16.8 Å². The predicted molar refractivity (Wildman–Crippen MR) is 111 cm³/mol. The fourth-order valence-corrected chi connectivity index (χ4v) is 3.37. The summed E-state index contributed by atoms with van der Waals surface area (Å²) in [5.41, 5.74) is 5.13. The zero-order valence-corrected chi connectivity index (χ0v) is 16.8. The van der Waals surface area contributed by atoms with Crippen molar-refractivity contribution in [3.05, 3.63) is 69.6 Å². The number of rotatable bonds is 4. The number of hydrogen-bond donors (Lipinski definition) is 1. The van der Waals surface area contributed by atoms with Gasteiger partial charge in [0, 0.05) is 7.05 Å². The van der Waals surface area contributed by atoms with E-state index in [0.717, 1.165) is 27.8 Å². The first-order valence-corrected chi connectivity index (χ1v) is 9.31. The lowest BCUT2D eigenvalue weighted by Crippen LogP contribution is -2.25. The average Bonchev–Trinajstić information content (AvgIpc) is 3.16. The van der Waals surface area contributed by atoms with Crippen LogP contribution < -0.4 is 10.9 Å². The zero-order chi connectivity index (χ0) is 20.7. The predicted octanol–water partition coefficient (Wildman–Crippen LogP) is 2.48. The molecule has 0 fully saturated rings. The fraction of sp³-hybridized carbons (Fsp3) is 0.238. The normalized spacial score (nSPS) is 11.2. The first-order valence-electron chi connectivity index (χ1n) is 9.31. The van der Waals surface area contributed by atoms with Crippen LogP contribution >= 0.6 is 0 Å². The third kappa shape index (κ3) is 3.22. The largest absolute Gasteiger partial charge is 0.318 e. The highest BCUT2D eigenvalue weighted by atomic mass is 16.2. The van der Waals surface area contributed by atoms with E-state index in [2.05, 4.69) is 15.6 Å². The van der Waals surface area contributed by atoms with Gasteiger partial charge in [0.25, 0.3) is 5.56 Å². The minimum Gasteiger partial charge on any atom is -0.318 e. The Morgan fingerprint density at radius 3 is 2.48 bits per heavy atom. The van der Waals surface area contributed by atoms with Gasteiger partial charge in [-0.25, -0.2) is 9.36 Å². The van der Waals surface area contributed by atoms with E-state index in [1.807, 2.05) is 56.3 Å². The van der Waals surface area contributed by atoms with Crippen molar-refractivity contribution < 1.29 is 4.79 Å². The Bertz CT molecular complexity index is 1280. The molecular weight excluding hydrogens is 368 g/mol. The van der Waals surface area contributed by atoms with Gasteiger partial charge in [-0.05, 0) is 56.2 Å². The van der Waals surface area contributed by atoms with E-state index < -0.39 is 0 Å². The van der Waals surface area contributed by atoms with Crippen molar-refractivity contribution in [2.75, 3.05) is 5.32 Å². The molecule has 4 aromatic rings. The number of nitrogens with one attached hydrogen (secondary N) is 1. The van der Waals surface area contributed by atoms with E-state index in [1.54, 1.807) is 23.3 Å². The van der Waals surface area contributed by atoms with Crippen molar-refractivity contribution >= 4 is 22.6 Å². The molecule has 1 amide bonds. The molecule has 0 radical (unpaired) electrons. The highest BCUT2D eigenvalue weighted by Crippen LogP contribution is 2.18. The minimum absolute atomic E-state index is 0.0297. The standard InChI is InChI=1S/C21H22N6O2/c1-13-10-17-18(11-14(13)2)26(24-23-17)12-19(28)22-20-15(3)25(4)27(21(20)29)16-8-6-5-7-9-16/h5-11H,12H2,1-4H3,(H,22,28). The second-order valence-corrected chi connectivity index (χ2v) is 7.16. The smallest absolute Gasteiger partial charge is 0.295 e. The van der Waals surface area contributed by atoms with Gasteiger partial charge in [-0.1, -0.05) is 23.4 Å². The number of carbonyl (C=O) groups excluding carboxylic acids is 1. The molecule has 8 heteroatoms. The van der Waals surface area contributed by atoms with Crippen LogP contribution in [0, 0.1) is 20.8 Å². The Morgan fingerprint density at radius 2 is 1.76 bits per heavy atom. The lowest BCUT2D eigenvalue weighted by atomic mass is 10.1. The summed E-state index contributed by atoms with van der Waals surface area (Å²) in [6.07, 6.45) is 0. The van der Waals surface area contributed by atoms with E-state index >= 15 is 0 Å². The summed E-state index contributed by atoms with van der Waals surface area (Å²) in [7, 11) is 1.79. The molecule has 0 atom stereocenters. The topological polar surface area (TPSA) is 86.7 Å². The molecule has 148 valence electrons. The van der Waals surface area contributed by atoms with Gasteiger partial charge in [0.1, 0.15) is 17.7 Å². The Morgan fingerprint density at radius 1 is 1.07 bits per heavy atom. The van der Waals surface area contributed by atoms with E-state index in [0.29, 0.717) is 5.69 Å². The maximum Gasteiger partial charge on any atom is 0.295 e. The third-order valence-electron chi connectivity index (χ3n) is 5.24. The Balaban J connectivity index is 1.63. The molecule has 0 unspecified atom stereocenters. The average molecular weight is 390 g/mol. The molecule has 0 aliphatic rings. The number of para-hydroxylation sites is 1. The molecule has 0 spiro atoms. The summed E-state index contributed by atoms with van der Waals surface area (Å²) in [6.45, 7) is 5.79. The number of carbonyl (C=O) groups is 1. The number of anilines is 1. The maximum atomic E-state index is 12.9. The van der Waals surface area contributed by atoms with E-state index in [9.17, 15) is 9.59 Å². The highest BCUT2D eigenvalue weighted by molar-refractivity contribution is 5.92. The van der Waals surface area contributed by atoms with Gasteiger partial charge in [-0.2, -0.15) is 0 Å². The molecule has 2 heterocycles. The van der Waals surface area contributed by atoms with Gasteiger partial charge < -0.3 is 5.32 Å². The number of aromatic nitrogens is 5. The summed E-state index contributed by atoms with van der Waals surface area (Å²) in [6, 6.07) is 13.2. The number of amides is 1. The van der Waals surface area contributed by atoms with E-state index in [-0.39, 0.29) is 23.7 Å². The lowest BCUT2D eigenvalue weighted by molar-refractivity contribution is -0.116. The van der Waals surface area contributed by atoms with Gasteiger partial charge in [0.2, 0.25) is 5.91 Å². The van der Waals surface area contributed by atoms with Crippen molar-refractivity contribution in [2.24, 2.45) is 7.05 Å². The molecule has 0 aliphatic heterocycles. The van der Waals surface area contributed by atoms with Crippen molar-refractivity contribution in [3.8, 4) is 5.69 Å². The summed E-state index contributed by atoms with van der Waals surface area (Å²) >= 11 is 0. The van der Waals surface area contributed by atoms with Crippen LogP contribution in [0.15, 0.2) is 47.3 Å². The maximum absolute atomic E-state index is 12.9. The van der Waals surface area contributed by atoms with Crippen molar-refractivity contribution in [2.45, 2.75) is 27.3 Å². The summed E-state index contributed by atoms with van der Waals surface area (Å²) in [5, 5.41) is 11.0. The SMILES string of the molecule is Cc1cc2nnn(CC(=O)Nc3c(C)n(C)n(-c4ccccc4)c3=O)c2cc1C. The van der Waals surface area contributed by atoms with Crippen LogP contribution in [0.2, 0.25) is 0 Å². The van der Waals surface area contributed by atoms with Crippen LogP contribution in [-0.2, 0) is 18.4 Å². The molecule has 0 aliphatic carbocycles. The number of nitrogens with zero attached hydrogens (tertiary/aromatic N) is 5. The third-order valence-corrected chi connectivity index (χ3v) is 5.24. The second-order valence-electron chi connectivity index (χ2n) is 7.16. The molecule has 29 heavy (non-hydrogen) atoms. The summed E-state index contributed by atoms with van der Waals surface area (Å²) in [5.74, 6) is -0.332. The van der Waals surface area contributed by atoms with Crippen molar-refractivity contribution in [3.63, 3.8) is 0 Å². The van der Waals surface area contributed by atoms with Gasteiger partial charge in [-0.15, -0.1) is 5.10 Å². The fourth-order valence-electron chi connectivity index (χ4n) is 3.37. The second kappa shape index (κ2) is 7.05. The van der Waals surface area contributed by atoms with Crippen LogP contribution in [0.25, 0.3) is 16.7 Å². The first kappa shape index (κ1) is 18.7. The molecule has 2 aromatic heterocycles. The Labute approximate surface area is 167 Å². The van der Waals surface area contributed by atoms with Crippen LogP contribution in [0.5, 0.6) is 0 Å². The Hall–Kier alpha value is -3.68.